The molecule has 0 bridgehead atoms. The maximum absolute atomic E-state index is 10.3. The van der Waals surface area contributed by atoms with E-state index in [2.05, 4.69) is 26.0 Å². The fraction of sp³-hybridized carbons (Fsp3) is 0.333. The number of hydrogen-bond acceptors (Lipinski definition) is 2. The molecule has 0 unspecified atom stereocenters. The molecule has 4 heteroatoms. The van der Waals surface area contributed by atoms with Crippen LogP contribution in [0.15, 0.2) is 36.4 Å². The molecule has 0 aromatic heterocycles. The van der Waals surface area contributed by atoms with Crippen molar-refractivity contribution in [3.63, 3.8) is 0 Å². The molecule has 0 amide bonds. The average molecular weight is 264 g/mol. The van der Waals surface area contributed by atoms with Crippen molar-refractivity contribution in [2.45, 2.75) is 33.1 Å². The van der Waals surface area contributed by atoms with Crippen molar-refractivity contribution >= 4 is 11.9 Å². The third-order valence-corrected chi connectivity index (χ3v) is 2.34. The Hall–Kier alpha value is -2.10. The van der Waals surface area contributed by atoms with Crippen molar-refractivity contribution in [3.05, 3.63) is 47.5 Å². The predicted octanol–water partition coefficient (Wildman–Crippen LogP) is 3.84. The van der Waals surface area contributed by atoms with Crippen LogP contribution in [0.2, 0.25) is 0 Å². The van der Waals surface area contributed by atoms with Gasteiger partial charge in [-0.2, -0.15) is 0 Å². The smallest absolute Gasteiger partial charge is 0.335 e. The van der Waals surface area contributed by atoms with Gasteiger partial charge in [0.05, 0.1) is 11.1 Å². The molecule has 2 N–H and O–H groups in total. The van der Waals surface area contributed by atoms with E-state index in [0.717, 1.165) is 0 Å². The highest BCUT2D eigenvalue weighted by Crippen LogP contribution is 2.03. The van der Waals surface area contributed by atoms with E-state index in [1.807, 2.05) is 0 Å². The van der Waals surface area contributed by atoms with E-state index in [1.54, 1.807) is 0 Å². The van der Waals surface area contributed by atoms with Crippen LogP contribution in [0.3, 0.4) is 0 Å². The number of aromatic carboxylic acids is 2. The van der Waals surface area contributed by atoms with Gasteiger partial charge in [0.25, 0.3) is 0 Å². The molecular formula is C15H20O4. The maximum atomic E-state index is 10.3. The second-order valence-corrected chi connectivity index (χ2v) is 3.90. The number of benzene rings is 1. The summed E-state index contributed by atoms with van der Waals surface area (Å²) in [5.41, 5.74) is 0.167. The van der Waals surface area contributed by atoms with Crippen LogP contribution >= 0.6 is 0 Å². The summed E-state index contributed by atoms with van der Waals surface area (Å²) < 4.78 is 0. The minimum Gasteiger partial charge on any atom is -0.478 e. The first-order valence-electron chi connectivity index (χ1n) is 6.20. The lowest BCUT2D eigenvalue weighted by Gasteiger charge is -1.94. The topological polar surface area (TPSA) is 74.6 Å². The highest BCUT2D eigenvalue weighted by atomic mass is 16.4. The van der Waals surface area contributed by atoms with Gasteiger partial charge in [0.15, 0.2) is 0 Å². The van der Waals surface area contributed by atoms with E-state index < -0.39 is 11.9 Å². The van der Waals surface area contributed by atoms with Crippen LogP contribution in [0.5, 0.6) is 0 Å². The Morgan fingerprint density at radius 3 is 1.74 bits per heavy atom. The number of carboxylic acid groups (broad SMARTS) is 2. The Bertz CT molecular complexity index is 385. The number of rotatable bonds is 5. The lowest BCUT2D eigenvalue weighted by atomic mass is 10.1. The van der Waals surface area contributed by atoms with Crippen molar-refractivity contribution in [2.24, 2.45) is 0 Å². The molecule has 4 nitrogen and oxygen atoms in total. The van der Waals surface area contributed by atoms with Gasteiger partial charge in [-0.25, -0.2) is 9.59 Å². The first-order chi connectivity index (χ1) is 9.02. The lowest BCUT2D eigenvalue weighted by Crippen LogP contribution is -1.99. The van der Waals surface area contributed by atoms with Gasteiger partial charge in [-0.3, -0.25) is 0 Å². The standard InChI is InChI=1S/C8H6O4.C7H14/c9-7(10)5-1-2-6(4-3-5)8(11)12;1-3-5-7-6-4-2/h1-4H,(H,9,10)(H,11,12);3,5H,4,6-7H2,1-2H3. The van der Waals surface area contributed by atoms with E-state index in [4.69, 9.17) is 10.2 Å². The van der Waals surface area contributed by atoms with Crippen molar-refractivity contribution in [3.8, 4) is 0 Å². The molecule has 0 atom stereocenters. The zero-order chi connectivity index (χ0) is 14.7. The van der Waals surface area contributed by atoms with Gasteiger partial charge in [-0.05, 0) is 37.6 Å². The van der Waals surface area contributed by atoms with Crippen molar-refractivity contribution in [1.82, 2.24) is 0 Å². The summed E-state index contributed by atoms with van der Waals surface area (Å²) in [4.78, 5) is 20.7. The van der Waals surface area contributed by atoms with E-state index in [1.165, 1.54) is 43.5 Å². The van der Waals surface area contributed by atoms with Crippen LogP contribution in [-0.2, 0) is 0 Å². The van der Waals surface area contributed by atoms with Crippen molar-refractivity contribution < 1.29 is 19.8 Å². The number of carboxylic acids is 2. The highest BCUT2D eigenvalue weighted by molar-refractivity contribution is 5.91. The molecule has 19 heavy (non-hydrogen) atoms. The Morgan fingerprint density at radius 1 is 1.05 bits per heavy atom. The quantitative estimate of drug-likeness (QED) is 0.626. The van der Waals surface area contributed by atoms with Crippen LogP contribution in [0.25, 0.3) is 0 Å². The number of unbranched alkanes of at least 4 members (excludes halogenated alkanes) is 2. The van der Waals surface area contributed by atoms with E-state index in [-0.39, 0.29) is 11.1 Å². The summed E-state index contributed by atoms with van der Waals surface area (Å²) in [6.45, 7) is 4.28. The fourth-order valence-corrected chi connectivity index (χ4v) is 1.24. The Balaban J connectivity index is 0.000000399. The first kappa shape index (κ1) is 16.9. The Kier molecular flexibility index (Phi) is 8.79. The van der Waals surface area contributed by atoms with E-state index in [9.17, 15) is 9.59 Å². The highest BCUT2D eigenvalue weighted by Gasteiger charge is 2.04. The zero-order valence-corrected chi connectivity index (χ0v) is 11.3. The molecule has 104 valence electrons. The maximum Gasteiger partial charge on any atom is 0.335 e. The van der Waals surface area contributed by atoms with Gasteiger partial charge in [0.2, 0.25) is 0 Å². The molecule has 0 spiro atoms. The van der Waals surface area contributed by atoms with E-state index >= 15 is 0 Å². The van der Waals surface area contributed by atoms with Gasteiger partial charge in [0.1, 0.15) is 0 Å². The number of carbonyl (C=O) groups is 2. The van der Waals surface area contributed by atoms with Crippen LogP contribution in [0.1, 0.15) is 53.8 Å². The third-order valence-electron chi connectivity index (χ3n) is 2.34. The molecular weight excluding hydrogens is 244 g/mol. The Labute approximate surface area is 113 Å². The second-order valence-electron chi connectivity index (χ2n) is 3.90. The first-order valence-corrected chi connectivity index (χ1v) is 6.20. The minimum atomic E-state index is -1.06. The molecule has 0 aliphatic heterocycles. The van der Waals surface area contributed by atoms with Crippen LogP contribution in [0.4, 0.5) is 0 Å². The van der Waals surface area contributed by atoms with Crippen molar-refractivity contribution in [2.75, 3.05) is 0 Å². The summed E-state index contributed by atoms with van der Waals surface area (Å²) in [5, 5.41) is 16.9. The Morgan fingerprint density at radius 2 is 1.47 bits per heavy atom. The molecule has 1 rings (SSSR count). The second kappa shape index (κ2) is 9.88. The monoisotopic (exact) mass is 264 g/mol. The zero-order valence-electron chi connectivity index (χ0n) is 11.3. The largest absolute Gasteiger partial charge is 0.478 e. The van der Waals surface area contributed by atoms with E-state index in [0.29, 0.717) is 0 Å². The SMILES string of the molecule is CC=CCCCC.O=C(O)c1ccc(C(=O)O)cc1. The fourth-order valence-electron chi connectivity index (χ4n) is 1.24. The normalized spacial score (nSPS) is 9.79. The predicted molar refractivity (Wildman–Crippen MR) is 74.7 cm³/mol. The molecule has 0 heterocycles. The third kappa shape index (κ3) is 7.76. The van der Waals surface area contributed by atoms with Gasteiger partial charge in [0, 0.05) is 0 Å². The molecule has 0 aliphatic carbocycles. The summed E-state index contributed by atoms with van der Waals surface area (Å²) >= 11 is 0. The van der Waals surface area contributed by atoms with Gasteiger partial charge in [-0.1, -0.05) is 31.9 Å². The number of hydrogen-bond donors (Lipinski definition) is 2. The molecule has 0 radical (unpaired) electrons. The van der Waals surface area contributed by atoms with Crippen LogP contribution in [-0.4, -0.2) is 22.2 Å². The minimum absolute atomic E-state index is 0.0833. The molecule has 0 saturated carbocycles. The van der Waals surface area contributed by atoms with Gasteiger partial charge < -0.3 is 10.2 Å². The number of allylic oxidation sites excluding steroid dienone is 2. The molecule has 0 fully saturated rings. The van der Waals surface area contributed by atoms with Gasteiger partial charge in [-0.15, -0.1) is 0 Å². The van der Waals surface area contributed by atoms with Gasteiger partial charge >= 0.3 is 11.9 Å². The van der Waals surface area contributed by atoms with Crippen LogP contribution in [0, 0.1) is 0 Å². The summed E-state index contributed by atoms with van der Waals surface area (Å²) in [6, 6.07) is 5.02. The van der Waals surface area contributed by atoms with Crippen LogP contribution < -0.4 is 0 Å². The molecule has 1 aromatic carbocycles. The molecule has 0 saturated heterocycles. The van der Waals surface area contributed by atoms with Crippen molar-refractivity contribution in [1.29, 1.82) is 0 Å². The summed E-state index contributed by atoms with van der Waals surface area (Å²) in [7, 11) is 0. The summed E-state index contributed by atoms with van der Waals surface area (Å²) in [5.74, 6) is -2.13. The summed E-state index contributed by atoms with van der Waals surface area (Å²) in [6.07, 6.45) is 8.22. The molecule has 0 aliphatic rings. The average Bonchev–Trinajstić information content (AvgIpc) is 2.40. The molecule has 1 aromatic rings. The lowest BCUT2D eigenvalue weighted by molar-refractivity contribution is 0.0681.